The minimum absolute atomic E-state index is 0.137. The molecule has 0 saturated carbocycles. The van der Waals surface area contributed by atoms with Crippen LogP contribution in [-0.4, -0.2) is 4.98 Å². The van der Waals surface area contributed by atoms with Crippen molar-refractivity contribution in [2.45, 2.75) is 0 Å². The molecule has 0 unspecified atom stereocenters. The number of halogens is 1. The van der Waals surface area contributed by atoms with Crippen molar-refractivity contribution in [1.29, 1.82) is 0 Å². The minimum Gasteiger partial charge on any atom is -0.408 e. The smallest absolute Gasteiger partial charge is 0.408 e. The van der Waals surface area contributed by atoms with Gasteiger partial charge in [0.25, 0.3) is 0 Å². The largest absolute Gasteiger partial charge is 0.417 e. The van der Waals surface area contributed by atoms with Gasteiger partial charge in [0.05, 0.1) is 5.69 Å². The van der Waals surface area contributed by atoms with E-state index in [0.717, 1.165) is 12.1 Å². The highest BCUT2D eigenvalue weighted by atomic mass is 19.1. The van der Waals surface area contributed by atoms with Gasteiger partial charge in [0.15, 0.2) is 5.58 Å². The molecule has 0 aliphatic rings. The molecule has 0 bridgehead atoms. The lowest BCUT2D eigenvalue weighted by molar-refractivity contribution is 0.550. The number of nitrogens with one attached hydrogen (secondary N) is 1. The van der Waals surface area contributed by atoms with E-state index in [9.17, 15) is 9.18 Å². The van der Waals surface area contributed by atoms with Gasteiger partial charge in [-0.2, -0.15) is 0 Å². The number of fused-ring (bicyclic) bond motifs is 1. The highest BCUT2D eigenvalue weighted by Crippen LogP contribution is 2.18. The van der Waals surface area contributed by atoms with Gasteiger partial charge in [-0.3, -0.25) is 4.98 Å². The summed E-state index contributed by atoms with van der Waals surface area (Å²) < 4.78 is 17.2. The van der Waals surface area contributed by atoms with Crippen LogP contribution in [0.15, 0.2) is 21.3 Å². The molecule has 0 aliphatic heterocycles. The molecule has 62 valence electrons. The standard InChI is InChI=1S/C7H5FN2O2/c8-3-1-4(9)6-5(2-3)12-7(11)10-6/h1-2H,9H2,(H,10,11). The summed E-state index contributed by atoms with van der Waals surface area (Å²) >= 11 is 0. The summed E-state index contributed by atoms with van der Waals surface area (Å²) in [5.41, 5.74) is 6.03. The Labute approximate surface area is 65.8 Å². The summed E-state index contributed by atoms with van der Waals surface area (Å²) in [6, 6.07) is 2.22. The average Bonchev–Trinajstić information content (AvgIpc) is 2.29. The van der Waals surface area contributed by atoms with E-state index in [0.29, 0.717) is 5.52 Å². The molecule has 1 heterocycles. The molecule has 12 heavy (non-hydrogen) atoms. The van der Waals surface area contributed by atoms with Crippen LogP contribution in [-0.2, 0) is 0 Å². The van der Waals surface area contributed by atoms with Crippen LogP contribution in [0.3, 0.4) is 0 Å². The van der Waals surface area contributed by atoms with Crippen molar-refractivity contribution in [1.82, 2.24) is 4.98 Å². The molecule has 1 aromatic heterocycles. The summed E-state index contributed by atoms with van der Waals surface area (Å²) in [7, 11) is 0. The van der Waals surface area contributed by atoms with Crippen molar-refractivity contribution in [2.24, 2.45) is 0 Å². The van der Waals surface area contributed by atoms with Crippen molar-refractivity contribution < 1.29 is 8.81 Å². The molecule has 1 aromatic carbocycles. The molecule has 2 rings (SSSR count). The monoisotopic (exact) mass is 168 g/mol. The van der Waals surface area contributed by atoms with Crippen molar-refractivity contribution in [3.05, 3.63) is 28.5 Å². The van der Waals surface area contributed by atoms with Crippen LogP contribution < -0.4 is 11.5 Å². The van der Waals surface area contributed by atoms with E-state index in [-0.39, 0.29) is 11.3 Å². The van der Waals surface area contributed by atoms with E-state index >= 15 is 0 Å². The Balaban J connectivity index is 2.97. The third-order valence-corrected chi connectivity index (χ3v) is 1.53. The van der Waals surface area contributed by atoms with E-state index < -0.39 is 11.6 Å². The fourth-order valence-electron chi connectivity index (χ4n) is 1.04. The molecule has 3 N–H and O–H groups in total. The number of aromatic amines is 1. The van der Waals surface area contributed by atoms with E-state index in [1.54, 1.807) is 0 Å². The first kappa shape index (κ1) is 6.90. The Morgan fingerprint density at radius 2 is 2.25 bits per heavy atom. The van der Waals surface area contributed by atoms with Crippen LogP contribution in [0.1, 0.15) is 0 Å². The lowest BCUT2D eigenvalue weighted by Gasteiger charge is -1.92. The summed E-state index contributed by atoms with van der Waals surface area (Å²) in [5, 5.41) is 0. The number of H-pyrrole nitrogens is 1. The van der Waals surface area contributed by atoms with Crippen LogP contribution in [0.25, 0.3) is 11.1 Å². The fraction of sp³-hybridized carbons (Fsp3) is 0. The third kappa shape index (κ3) is 0.868. The summed E-state index contributed by atoms with van der Waals surface area (Å²) in [5.74, 6) is -1.16. The van der Waals surface area contributed by atoms with Crippen LogP contribution >= 0.6 is 0 Å². The molecule has 0 spiro atoms. The normalized spacial score (nSPS) is 10.8. The zero-order valence-electron chi connectivity index (χ0n) is 5.93. The maximum atomic E-state index is 12.7. The number of anilines is 1. The summed E-state index contributed by atoms with van der Waals surface area (Å²) in [4.78, 5) is 13.0. The highest BCUT2D eigenvalue weighted by molar-refractivity contribution is 5.84. The topological polar surface area (TPSA) is 72.0 Å². The van der Waals surface area contributed by atoms with Gasteiger partial charge in [-0.15, -0.1) is 0 Å². The van der Waals surface area contributed by atoms with Crippen LogP contribution in [0.2, 0.25) is 0 Å². The van der Waals surface area contributed by atoms with E-state index in [4.69, 9.17) is 5.73 Å². The third-order valence-electron chi connectivity index (χ3n) is 1.53. The van der Waals surface area contributed by atoms with Gasteiger partial charge in [-0.1, -0.05) is 0 Å². The maximum Gasteiger partial charge on any atom is 0.417 e. The zero-order valence-corrected chi connectivity index (χ0v) is 5.93. The van der Waals surface area contributed by atoms with Crippen LogP contribution in [0.5, 0.6) is 0 Å². The van der Waals surface area contributed by atoms with Crippen LogP contribution in [0.4, 0.5) is 10.1 Å². The first-order valence-electron chi connectivity index (χ1n) is 3.24. The molecule has 4 nitrogen and oxygen atoms in total. The second-order valence-corrected chi connectivity index (χ2v) is 2.38. The van der Waals surface area contributed by atoms with Gasteiger partial charge in [0, 0.05) is 6.07 Å². The van der Waals surface area contributed by atoms with Gasteiger partial charge in [0.2, 0.25) is 0 Å². The fourth-order valence-corrected chi connectivity index (χ4v) is 1.04. The Morgan fingerprint density at radius 1 is 1.50 bits per heavy atom. The molecule has 0 radical (unpaired) electrons. The SMILES string of the molecule is Nc1cc(F)cc2oc(=O)[nH]c12. The average molecular weight is 168 g/mol. The quantitative estimate of drug-likeness (QED) is 0.572. The number of aromatic nitrogens is 1. The van der Waals surface area contributed by atoms with Gasteiger partial charge in [-0.25, -0.2) is 9.18 Å². The predicted molar refractivity (Wildman–Crippen MR) is 41.2 cm³/mol. The molecule has 0 fully saturated rings. The van der Waals surface area contributed by atoms with Gasteiger partial charge in [-0.05, 0) is 6.07 Å². The lowest BCUT2D eigenvalue weighted by Crippen LogP contribution is -1.94. The number of hydrogen-bond donors (Lipinski definition) is 2. The molecular weight excluding hydrogens is 163 g/mol. The van der Waals surface area contributed by atoms with Gasteiger partial charge in [0.1, 0.15) is 11.3 Å². The molecule has 5 heteroatoms. The van der Waals surface area contributed by atoms with E-state index in [1.807, 2.05) is 0 Å². The molecule has 2 aromatic rings. The summed E-state index contributed by atoms with van der Waals surface area (Å²) in [6.45, 7) is 0. The predicted octanol–water partition coefficient (Wildman–Crippen LogP) is 0.842. The zero-order chi connectivity index (χ0) is 8.72. The number of benzene rings is 1. The highest BCUT2D eigenvalue weighted by Gasteiger charge is 2.05. The first-order valence-corrected chi connectivity index (χ1v) is 3.24. The maximum absolute atomic E-state index is 12.7. The Hall–Kier alpha value is -1.78. The van der Waals surface area contributed by atoms with Crippen molar-refractivity contribution >= 4 is 16.8 Å². The molecule has 0 aliphatic carbocycles. The second-order valence-electron chi connectivity index (χ2n) is 2.38. The Morgan fingerprint density at radius 3 is 3.00 bits per heavy atom. The first-order chi connectivity index (χ1) is 5.66. The van der Waals surface area contributed by atoms with Crippen LogP contribution in [0, 0.1) is 5.82 Å². The van der Waals surface area contributed by atoms with E-state index in [2.05, 4.69) is 9.40 Å². The van der Waals surface area contributed by atoms with Gasteiger partial charge < -0.3 is 10.2 Å². The summed E-state index contributed by atoms with van der Waals surface area (Å²) in [6.07, 6.45) is 0. The Bertz CT molecular complexity index is 486. The Kier molecular flexibility index (Phi) is 1.21. The molecule has 0 saturated heterocycles. The van der Waals surface area contributed by atoms with Crippen molar-refractivity contribution in [3.63, 3.8) is 0 Å². The van der Waals surface area contributed by atoms with E-state index in [1.165, 1.54) is 0 Å². The molecule has 0 atom stereocenters. The van der Waals surface area contributed by atoms with Crippen molar-refractivity contribution in [3.8, 4) is 0 Å². The molecule has 0 amide bonds. The number of rotatable bonds is 0. The number of hydrogen-bond acceptors (Lipinski definition) is 3. The number of nitrogens with two attached hydrogens (primary N) is 1. The lowest BCUT2D eigenvalue weighted by atomic mass is 10.3. The number of nitrogen functional groups attached to an aromatic ring is 1. The minimum atomic E-state index is -0.637. The molecular formula is C7H5FN2O2. The number of oxazole rings is 1. The van der Waals surface area contributed by atoms with Gasteiger partial charge >= 0.3 is 5.76 Å². The second kappa shape index (κ2) is 2.10. The van der Waals surface area contributed by atoms with Crippen molar-refractivity contribution in [2.75, 3.05) is 5.73 Å².